The number of amides is 1. The Morgan fingerprint density at radius 3 is 2.65 bits per heavy atom. The summed E-state index contributed by atoms with van der Waals surface area (Å²) in [7, 11) is 0. The molecule has 0 bridgehead atoms. The van der Waals surface area contributed by atoms with E-state index in [1.165, 1.54) is 36.4 Å². The lowest BCUT2D eigenvalue weighted by molar-refractivity contribution is 0.0929. The van der Waals surface area contributed by atoms with E-state index in [0.717, 1.165) is 4.68 Å². The fourth-order valence-electron chi connectivity index (χ4n) is 2.07. The van der Waals surface area contributed by atoms with E-state index in [1.54, 1.807) is 0 Å². The minimum absolute atomic E-state index is 0.0634. The fourth-order valence-corrected chi connectivity index (χ4v) is 2.07. The molecule has 0 fully saturated rings. The molecule has 0 saturated carbocycles. The third-order valence-corrected chi connectivity index (χ3v) is 3.28. The van der Waals surface area contributed by atoms with E-state index < -0.39 is 17.3 Å². The van der Waals surface area contributed by atoms with Crippen LogP contribution < -0.4 is 10.9 Å². The molecule has 1 aromatic carbocycles. The monoisotopic (exact) mass is 319 g/mol. The molecule has 122 valence electrons. The van der Waals surface area contributed by atoms with Crippen molar-refractivity contribution in [2.75, 3.05) is 6.61 Å². The zero-order chi connectivity index (χ0) is 16.8. The van der Waals surface area contributed by atoms with Crippen LogP contribution in [-0.4, -0.2) is 33.4 Å². The minimum Gasteiger partial charge on any atom is -0.396 e. The van der Waals surface area contributed by atoms with Crippen molar-refractivity contribution in [2.24, 2.45) is 0 Å². The van der Waals surface area contributed by atoms with Gasteiger partial charge in [0.1, 0.15) is 11.5 Å². The van der Waals surface area contributed by atoms with Crippen molar-refractivity contribution in [1.82, 2.24) is 15.1 Å². The largest absolute Gasteiger partial charge is 0.396 e. The van der Waals surface area contributed by atoms with Gasteiger partial charge in [0.2, 0.25) is 0 Å². The number of aliphatic hydroxyl groups excluding tert-OH is 1. The Balaban J connectivity index is 2.21. The number of aliphatic hydroxyl groups is 1. The quantitative estimate of drug-likeness (QED) is 0.839. The highest BCUT2D eigenvalue weighted by molar-refractivity contribution is 5.92. The van der Waals surface area contributed by atoms with Crippen molar-refractivity contribution < 1.29 is 14.3 Å². The maximum Gasteiger partial charge on any atom is 0.271 e. The van der Waals surface area contributed by atoms with Gasteiger partial charge in [0.15, 0.2) is 0 Å². The molecule has 1 aromatic heterocycles. The number of carbonyl (C=O) groups excluding carboxylic acids is 1. The fraction of sp³-hybridized carbons (Fsp3) is 0.312. The Hall–Kier alpha value is -2.54. The van der Waals surface area contributed by atoms with E-state index in [0.29, 0.717) is 18.5 Å². The highest BCUT2D eigenvalue weighted by Crippen LogP contribution is 2.06. The van der Waals surface area contributed by atoms with Gasteiger partial charge in [0.05, 0.1) is 5.69 Å². The van der Waals surface area contributed by atoms with E-state index in [-0.39, 0.29) is 18.3 Å². The first-order chi connectivity index (χ1) is 11.0. The lowest BCUT2D eigenvalue weighted by Gasteiger charge is -2.13. The number of nitrogens with zero attached hydrogens (tertiary/aromatic N) is 2. The standard InChI is InChI=1S/C16H18FN3O3/c1-11(3-2-10-21)18-16(23)14-8-9-15(22)20(19-14)13-6-4-12(17)5-7-13/h4-9,11,21H,2-3,10H2,1H3,(H,18,23). The molecule has 0 radical (unpaired) electrons. The predicted molar refractivity (Wildman–Crippen MR) is 83.0 cm³/mol. The summed E-state index contributed by atoms with van der Waals surface area (Å²) in [6.07, 6.45) is 1.23. The topological polar surface area (TPSA) is 84.2 Å². The number of rotatable bonds is 6. The van der Waals surface area contributed by atoms with Crippen LogP contribution in [0.2, 0.25) is 0 Å². The van der Waals surface area contributed by atoms with Crippen LogP contribution in [0.1, 0.15) is 30.3 Å². The normalized spacial score (nSPS) is 12.0. The summed E-state index contributed by atoms with van der Waals surface area (Å²) < 4.78 is 14.0. The van der Waals surface area contributed by atoms with Crippen LogP contribution in [0.3, 0.4) is 0 Å². The van der Waals surface area contributed by atoms with Crippen molar-refractivity contribution in [1.29, 1.82) is 0 Å². The van der Waals surface area contributed by atoms with Crippen molar-refractivity contribution in [2.45, 2.75) is 25.8 Å². The molecule has 2 N–H and O–H groups in total. The Morgan fingerprint density at radius 1 is 1.30 bits per heavy atom. The van der Waals surface area contributed by atoms with Gasteiger partial charge in [-0.3, -0.25) is 9.59 Å². The van der Waals surface area contributed by atoms with E-state index in [9.17, 15) is 14.0 Å². The molecule has 1 amide bonds. The van der Waals surface area contributed by atoms with E-state index >= 15 is 0 Å². The molecule has 23 heavy (non-hydrogen) atoms. The molecular formula is C16H18FN3O3. The second-order valence-electron chi connectivity index (χ2n) is 5.19. The van der Waals surface area contributed by atoms with Crippen LogP contribution in [0.25, 0.3) is 5.69 Å². The maximum absolute atomic E-state index is 13.0. The number of halogens is 1. The first-order valence-corrected chi connectivity index (χ1v) is 7.29. The average molecular weight is 319 g/mol. The van der Waals surface area contributed by atoms with Gasteiger partial charge in [0, 0.05) is 18.7 Å². The van der Waals surface area contributed by atoms with Gasteiger partial charge in [-0.1, -0.05) is 0 Å². The number of carbonyl (C=O) groups is 1. The van der Waals surface area contributed by atoms with Crippen molar-refractivity contribution in [3.8, 4) is 5.69 Å². The third-order valence-electron chi connectivity index (χ3n) is 3.28. The summed E-state index contributed by atoms with van der Waals surface area (Å²) in [5, 5.41) is 15.6. The second-order valence-corrected chi connectivity index (χ2v) is 5.19. The van der Waals surface area contributed by atoms with Crippen LogP contribution in [0.15, 0.2) is 41.2 Å². The zero-order valence-corrected chi connectivity index (χ0v) is 12.7. The lowest BCUT2D eigenvalue weighted by atomic mass is 10.2. The number of hydrogen-bond acceptors (Lipinski definition) is 4. The SMILES string of the molecule is CC(CCCO)NC(=O)c1ccc(=O)n(-c2ccc(F)cc2)n1. The van der Waals surface area contributed by atoms with Crippen LogP contribution in [0.5, 0.6) is 0 Å². The van der Waals surface area contributed by atoms with Gasteiger partial charge < -0.3 is 10.4 Å². The summed E-state index contributed by atoms with van der Waals surface area (Å²) >= 11 is 0. The molecule has 0 aliphatic heterocycles. The summed E-state index contributed by atoms with van der Waals surface area (Å²) in [4.78, 5) is 24.0. The second kappa shape index (κ2) is 7.64. The van der Waals surface area contributed by atoms with Gasteiger partial charge in [-0.15, -0.1) is 0 Å². The average Bonchev–Trinajstić information content (AvgIpc) is 2.54. The first kappa shape index (κ1) is 16.8. The Bertz CT molecular complexity index is 728. The molecule has 2 aromatic rings. The molecule has 1 unspecified atom stereocenters. The number of benzene rings is 1. The number of aromatic nitrogens is 2. The molecule has 0 spiro atoms. The molecule has 0 aliphatic rings. The first-order valence-electron chi connectivity index (χ1n) is 7.29. The highest BCUT2D eigenvalue weighted by Gasteiger charge is 2.13. The van der Waals surface area contributed by atoms with Gasteiger partial charge in [-0.05, 0) is 50.1 Å². The maximum atomic E-state index is 13.0. The van der Waals surface area contributed by atoms with Crippen molar-refractivity contribution in [3.05, 3.63) is 58.3 Å². The van der Waals surface area contributed by atoms with Crippen LogP contribution in [0, 0.1) is 5.82 Å². The summed E-state index contributed by atoms with van der Waals surface area (Å²) in [6, 6.07) is 7.72. The molecule has 1 heterocycles. The van der Waals surface area contributed by atoms with Crippen molar-refractivity contribution >= 4 is 5.91 Å². The molecule has 0 saturated heterocycles. The molecule has 7 heteroatoms. The summed E-state index contributed by atoms with van der Waals surface area (Å²) in [5.74, 6) is -0.834. The van der Waals surface area contributed by atoms with Crippen molar-refractivity contribution in [3.63, 3.8) is 0 Å². The predicted octanol–water partition coefficient (Wildman–Crippen LogP) is 1.26. The zero-order valence-electron chi connectivity index (χ0n) is 12.7. The summed E-state index contributed by atoms with van der Waals surface area (Å²) in [5.41, 5.74) is 0.0469. The summed E-state index contributed by atoms with van der Waals surface area (Å²) in [6.45, 7) is 1.89. The lowest BCUT2D eigenvalue weighted by Crippen LogP contribution is -2.34. The Morgan fingerprint density at radius 2 is 2.00 bits per heavy atom. The number of hydrogen-bond donors (Lipinski definition) is 2. The van der Waals surface area contributed by atoms with Crippen LogP contribution >= 0.6 is 0 Å². The van der Waals surface area contributed by atoms with Gasteiger partial charge >= 0.3 is 0 Å². The van der Waals surface area contributed by atoms with E-state index in [4.69, 9.17) is 5.11 Å². The van der Waals surface area contributed by atoms with Gasteiger partial charge in [-0.2, -0.15) is 9.78 Å². The van der Waals surface area contributed by atoms with Gasteiger partial charge in [0.25, 0.3) is 11.5 Å². The van der Waals surface area contributed by atoms with Crippen LogP contribution in [-0.2, 0) is 0 Å². The number of nitrogens with one attached hydrogen (secondary N) is 1. The Labute approximate surface area is 132 Å². The molecular weight excluding hydrogens is 301 g/mol. The van der Waals surface area contributed by atoms with E-state index in [1.807, 2.05) is 6.92 Å². The molecule has 1 atom stereocenters. The third kappa shape index (κ3) is 4.46. The molecule has 0 aliphatic carbocycles. The minimum atomic E-state index is -0.423. The van der Waals surface area contributed by atoms with Gasteiger partial charge in [-0.25, -0.2) is 4.39 Å². The molecule has 6 nitrogen and oxygen atoms in total. The Kier molecular flexibility index (Phi) is 5.59. The van der Waals surface area contributed by atoms with E-state index in [2.05, 4.69) is 10.4 Å². The highest BCUT2D eigenvalue weighted by atomic mass is 19.1. The van der Waals surface area contributed by atoms with Crippen LogP contribution in [0.4, 0.5) is 4.39 Å². The molecule has 2 rings (SSSR count). The smallest absolute Gasteiger partial charge is 0.271 e.